The van der Waals surface area contributed by atoms with Crippen LogP contribution in [0.4, 0.5) is 0 Å². The summed E-state index contributed by atoms with van der Waals surface area (Å²) in [5, 5.41) is 2.88. The summed E-state index contributed by atoms with van der Waals surface area (Å²) in [4.78, 5) is 13.8. The molecule has 0 bridgehead atoms. The highest BCUT2D eigenvalue weighted by Gasteiger charge is 2.28. The first-order chi connectivity index (χ1) is 12.8. The van der Waals surface area contributed by atoms with E-state index in [1.807, 2.05) is 6.92 Å². The van der Waals surface area contributed by atoms with Gasteiger partial charge in [0.2, 0.25) is 10.0 Å². The van der Waals surface area contributed by atoms with Gasteiger partial charge in [-0.05, 0) is 56.5 Å². The van der Waals surface area contributed by atoms with E-state index in [9.17, 15) is 13.2 Å². The van der Waals surface area contributed by atoms with Crippen LogP contribution in [0.3, 0.4) is 0 Å². The Bertz CT molecular complexity index is 921. The molecule has 0 unspecified atom stereocenters. The van der Waals surface area contributed by atoms with Crippen molar-refractivity contribution in [1.82, 2.24) is 10.0 Å². The minimum atomic E-state index is -3.57. The van der Waals surface area contributed by atoms with Crippen LogP contribution in [0.15, 0.2) is 52.3 Å². The second-order valence-electron chi connectivity index (χ2n) is 6.79. The summed E-state index contributed by atoms with van der Waals surface area (Å²) in [7, 11) is -3.57. The average Bonchev–Trinajstić information content (AvgIpc) is 3.43. The molecule has 1 aliphatic rings. The van der Waals surface area contributed by atoms with Gasteiger partial charge in [-0.25, -0.2) is 13.1 Å². The van der Waals surface area contributed by atoms with E-state index in [4.69, 9.17) is 0 Å². The molecule has 2 N–H and O–H groups in total. The van der Waals surface area contributed by atoms with Gasteiger partial charge in [0.25, 0.3) is 5.91 Å². The zero-order valence-corrected chi connectivity index (χ0v) is 17.1. The molecule has 1 saturated carbocycles. The minimum absolute atomic E-state index is 0.0346. The van der Waals surface area contributed by atoms with Crippen molar-refractivity contribution in [3.05, 3.63) is 59.2 Å². The molecule has 1 aliphatic carbocycles. The summed E-state index contributed by atoms with van der Waals surface area (Å²) in [6.45, 7) is 4.36. The highest BCUT2D eigenvalue weighted by atomic mass is 32.2. The molecule has 2 aromatic rings. The lowest BCUT2D eigenvalue weighted by molar-refractivity contribution is 0.0955. The Morgan fingerprint density at radius 3 is 2.48 bits per heavy atom. The molecule has 3 rings (SSSR count). The van der Waals surface area contributed by atoms with Crippen LogP contribution in [0.1, 0.15) is 34.3 Å². The van der Waals surface area contributed by atoms with Crippen LogP contribution in [0.5, 0.6) is 0 Å². The molecule has 0 heterocycles. The predicted molar refractivity (Wildman–Crippen MR) is 109 cm³/mol. The van der Waals surface area contributed by atoms with Crippen molar-refractivity contribution in [3.8, 4) is 0 Å². The average molecular weight is 405 g/mol. The summed E-state index contributed by atoms with van der Waals surface area (Å²) in [5.74, 6) is 0.496. The molecule has 1 fully saturated rings. The number of nitrogens with one attached hydrogen (secondary N) is 2. The molecular weight excluding hydrogens is 380 g/mol. The van der Waals surface area contributed by atoms with Gasteiger partial charge in [0, 0.05) is 28.8 Å². The Morgan fingerprint density at radius 1 is 1.11 bits per heavy atom. The van der Waals surface area contributed by atoms with Crippen LogP contribution in [0.25, 0.3) is 0 Å². The minimum Gasteiger partial charge on any atom is -0.351 e. The summed E-state index contributed by atoms with van der Waals surface area (Å²) in [6.07, 6.45) is 1.74. The number of thioether (sulfide) groups is 1. The van der Waals surface area contributed by atoms with Gasteiger partial charge in [-0.1, -0.05) is 23.8 Å². The Balaban J connectivity index is 1.58. The van der Waals surface area contributed by atoms with Crippen molar-refractivity contribution in [3.63, 3.8) is 0 Å². The largest absolute Gasteiger partial charge is 0.351 e. The normalized spacial score (nSPS) is 14.1. The van der Waals surface area contributed by atoms with Gasteiger partial charge in [-0.15, -0.1) is 11.8 Å². The number of rotatable bonds is 8. The third-order valence-corrected chi connectivity index (χ3v) is 6.87. The van der Waals surface area contributed by atoms with Crippen LogP contribution in [0, 0.1) is 13.8 Å². The molecule has 7 heteroatoms. The van der Waals surface area contributed by atoms with Gasteiger partial charge in [0.15, 0.2) is 0 Å². The smallest absolute Gasteiger partial charge is 0.251 e. The number of hydrogen-bond donors (Lipinski definition) is 2. The zero-order chi connectivity index (χ0) is 19.4. The molecule has 0 spiro atoms. The maximum Gasteiger partial charge on any atom is 0.251 e. The monoisotopic (exact) mass is 404 g/mol. The molecule has 1 amide bonds. The molecule has 2 aromatic carbocycles. The number of benzene rings is 2. The van der Waals surface area contributed by atoms with Gasteiger partial charge in [0.1, 0.15) is 0 Å². The van der Waals surface area contributed by atoms with E-state index in [1.54, 1.807) is 30.8 Å². The number of carbonyl (C=O) groups excluding carboxylic acids is 1. The van der Waals surface area contributed by atoms with Crippen LogP contribution in [-0.2, 0) is 10.0 Å². The van der Waals surface area contributed by atoms with Crippen molar-refractivity contribution in [2.45, 2.75) is 42.5 Å². The molecular formula is C20H24N2O3S2. The second-order valence-corrected chi connectivity index (χ2v) is 9.67. The first-order valence-corrected chi connectivity index (χ1v) is 11.4. The number of sulfonamides is 1. The first-order valence-electron chi connectivity index (χ1n) is 8.96. The van der Waals surface area contributed by atoms with E-state index < -0.39 is 10.0 Å². The Morgan fingerprint density at radius 2 is 1.81 bits per heavy atom. The van der Waals surface area contributed by atoms with Crippen LogP contribution < -0.4 is 10.0 Å². The molecule has 27 heavy (non-hydrogen) atoms. The van der Waals surface area contributed by atoms with Gasteiger partial charge in [0.05, 0.1) is 4.90 Å². The highest BCUT2D eigenvalue weighted by Crippen LogP contribution is 2.23. The first kappa shape index (κ1) is 19.9. The Hall–Kier alpha value is -1.83. The van der Waals surface area contributed by atoms with E-state index in [2.05, 4.69) is 34.3 Å². The molecule has 5 nitrogen and oxygen atoms in total. The van der Waals surface area contributed by atoms with Gasteiger partial charge >= 0.3 is 0 Å². The fourth-order valence-electron chi connectivity index (χ4n) is 2.56. The topological polar surface area (TPSA) is 75.3 Å². The van der Waals surface area contributed by atoms with E-state index in [0.717, 1.165) is 29.1 Å². The summed E-state index contributed by atoms with van der Waals surface area (Å²) >= 11 is 1.67. The molecule has 144 valence electrons. The quantitative estimate of drug-likeness (QED) is 0.523. The number of carbonyl (C=O) groups is 1. The van der Waals surface area contributed by atoms with E-state index >= 15 is 0 Å². The van der Waals surface area contributed by atoms with Crippen molar-refractivity contribution in [2.75, 3.05) is 12.3 Å². The maximum absolute atomic E-state index is 12.5. The standard InChI is InChI=1S/C20H24N2O3S2/c1-14-3-8-17(9-4-14)26-12-11-21-20(23)19-13-18(10-5-15(19)2)27(24,25)22-16-6-7-16/h3-5,8-10,13,16,22H,6-7,11-12H2,1-2H3,(H,21,23). The number of amides is 1. The number of hydrogen-bond acceptors (Lipinski definition) is 4. The van der Waals surface area contributed by atoms with Gasteiger partial charge in [-0.3, -0.25) is 4.79 Å². The van der Waals surface area contributed by atoms with Crippen LogP contribution in [0.2, 0.25) is 0 Å². The molecule has 0 atom stereocenters. The highest BCUT2D eigenvalue weighted by molar-refractivity contribution is 7.99. The zero-order valence-electron chi connectivity index (χ0n) is 15.5. The molecule has 0 aliphatic heterocycles. The predicted octanol–water partition coefficient (Wildman–Crippen LogP) is 3.27. The van der Waals surface area contributed by atoms with Crippen LogP contribution >= 0.6 is 11.8 Å². The van der Waals surface area contributed by atoms with Crippen LogP contribution in [-0.4, -0.2) is 32.7 Å². The molecule has 0 aromatic heterocycles. The third-order valence-electron chi connectivity index (χ3n) is 4.34. The van der Waals surface area contributed by atoms with E-state index in [-0.39, 0.29) is 16.8 Å². The van der Waals surface area contributed by atoms with E-state index in [0.29, 0.717) is 12.1 Å². The van der Waals surface area contributed by atoms with Gasteiger partial charge in [-0.2, -0.15) is 0 Å². The van der Waals surface area contributed by atoms with E-state index in [1.165, 1.54) is 11.6 Å². The number of aryl methyl sites for hydroxylation is 2. The molecule has 0 radical (unpaired) electrons. The molecule has 0 saturated heterocycles. The maximum atomic E-state index is 12.5. The fourth-order valence-corrected chi connectivity index (χ4v) is 4.66. The summed E-state index contributed by atoms with van der Waals surface area (Å²) in [6, 6.07) is 13.0. The van der Waals surface area contributed by atoms with Gasteiger partial charge < -0.3 is 5.32 Å². The summed E-state index contributed by atoms with van der Waals surface area (Å²) < 4.78 is 27.4. The van der Waals surface area contributed by atoms with Crippen molar-refractivity contribution in [2.24, 2.45) is 0 Å². The summed E-state index contributed by atoms with van der Waals surface area (Å²) in [5.41, 5.74) is 2.37. The lowest BCUT2D eigenvalue weighted by Crippen LogP contribution is -2.28. The fraction of sp³-hybridized carbons (Fsp3) is 0.350. The van der Waals surface area contributed by atoms with Crippen molar-refractivity contribution in [1.29, 1.82) is 0 Å². The van der Waals surface area contributed by atoms with Crippen molar-refractivity contribution >= 4 is 27.7 Å². The lowest BCUT2D eigenvalue weighted by atomic mass is 10.1. The Labute approximate surface area is 165 Å². The lowest BCUT2D eigenvalue weighted by Gasteiger charge is -2.11. The SMILES string of the molecule is Cc1ccc(SCCNC(=O)c2cc(S(=O)(=O)NC3CC3)ccc2C)cc1. The Kier molecular flexibility index (Phi) is 6.24. The second kappa shape index (κ2) is 8.46. The van der Waals surface area contributed by atoms with Crippen molar-refractivity contribution < 1.29 is 13.2 Å². The third kappa shape index (κ3) is 5.57.